The number of carbonyl (C=O) groups excluding carboxylic acids is 2. The Morgan fingerprint density at radius 3 is 2.32 bits per heavy atom. The minimum Gasteiger partial charge on any atom is -0.497 e. The summed E-state index contributed by atoms with van der Waals surface area (Å²) in [5, 5.41) is 3.91. The molecule has 0 atom stereocenters. The van der Waals surface area contributed by atoms with Crippen molar-refractivity contribution in [3.63, 3.8) is 0 Å². The number of carbonyl (C=O) groups is 2. The Labute approximate surface area is 195 Å². The van der Waals surface area contributed by atoms with Crippen molar-refractivity contribution in [3.05, 3.63) is 48.4 Å². The van der Waals surface area contributed by atoms with E-state index in [0.717, 1.165) is 9.21 Å². The van der Waals surface area contributed by atoms with Crippen LogP contribution in [0.25, 0.3) is 11.4 Å². The normalized spacial score (nSPS) is 14.2. The summed E-state index contributed by atoms with van der Waals surface area (Å²) < 4.78 is 43.0. The molecule has 0 unspecified atom stereocenters. The molecule has 1 fully saturated rings. The number of hydrogen-bond donors (Lipinski definition) is 0. The predicted octanol–water partition coefficient (Wildman–Crippen LogP) is 2.23. The zero-order valence-electron chi connectivity index (χ0n) is 18.7. The van der Waals surface area contributed by atoms with Gasteiger partial charge in [-0.05, 0) is 42.5 Å². The number of aromatic nitrogens is 2. The molecule has 2 aromatic carbocycles. The molecule has 1 aliphatic rings. The topological polar surface area (TPSA) is 132 Å². The van der Waals surface area contributed by atoms with E-state index in [-0.39, 0.29) is 41.6 Å². The van der Waals surface area contributed by atoms with E-state index in [9.17, 15) is 18.0 Å². The first-order valence-electron chi connectivity index (χ1n) is 10.2. The molecule has 1 saturated heterocycles. The minimum atomic E-state index is -4.03. The van der Waals surface area contributed by atoms with Gasteiger partial charge in [-0.2, -0.15) is 9.29 Å². The summed E-state index contributed by atoms with van der Waals surface area (Å²) in [6, 6.07) is 11.0. The number of hydrogen-bond acceptors (Lipinski definition) is 9. The fourth-order valence-corrected chi connectivity index (χ4v) is 4.62. The Hall–Kier alpha value is -3.77. The molecule has 4 rings (SSSR count). The highest BCUT2D eigenvalue weighted by atomic mass is 32.2. The quantitative estimate of drug-likeness (QED) is 0.440. The van der Waals surface area contributed by atoms with Crippen molar-refractivity contribution in [1.29, 1.82) is 0 Å². The molecule has 3 aromatic rings. The van der Waals surface area contributed by atoms with Gasteiger partial charge >= 0.3 is 0 Å². The van der Waals surface area contributed by atoms with Crippen molar-refractivity contribution >= 4 is 27.5 Å². The number of imide groups is 1. The Kier molecular flexibility index (Phi) is 6.35. The average molecular weight is 487 g/mol. The van der Waals surface area contributed by atoms with Crippen LogP contribution in [0.1, 0.15) is 18.7 Å². The van der Waals surface area contributed by atoms with Gasteiger partial charge in [-0.1, -0.05) is 5.16 Å². The highest BCUT2D eigenvalue weighted by molar-refractivity contribution is 7.89. The molecule has 178 valence electrons. The largest absolute Gasteiger partial charge is 0.497 e. The molecule has 0 aliphatic carbocycles. The Bertz CT molecular complexity index is 1320. The highest BCUT2D eigenvalue weighted by Crippen LogP contribution is 2.35. The van der Waals surface area contributed by atoms with Gasteiger partial charge < -0.3 is 14.0 Å². The smallest absolute Gasteiger partial charge is 0.243 e. The number of anilines is 1. The van der Waals surface area contributed by atoms with E-state index in [1.807, 2.05) is 0 Å². The van der Waals surface area contributed by atoms with Gasteiger partial charge in [-0.25, -0.2) is 13.3 Å². The maximum atomic E-state index is 13.2. The van der Waals surface area contributed by atoms with Crippen LogP contribution in [0, 0.1) is 0 Å². The number of amides is 2. The Balaban J connectivity index is 1.57. The van der Waals surface area contributed by atoms with Crippen LogP contribution in [0.3, 0.4) is 0 Å². The second kappa shape index (κ2) is 9.23. The van der Waals surface area contributed by atoms with Gasteiger partial charge in [0, 0.05) is 25.5 Å². The molecule has 34 heavy (non-hydrogen) atoms. The molecule has 0 bridgehead atoms. The molecule has 0 N–H and O–H groups in total. The van der Waals surface area contributed by atoms with Gasteiger partial charge in [-0.15, -0.1) is 0 Å². The van der Waals surface area contributed by atoms with Crippen LogP contribution in [-0.4, -0.2) is 55.9 Å². The summed E-state index contributed by atoms with van der Waals surface area (Å²) >= 11 is 0. The number of benzene rings is 2. The number of sulfonamides is 1. The van der Waals surface area contributed by atoms with Crippen molar-refractivity contribution in [2.45, 2.75) is 24.3 Å². The van der Waals surface area contributed by atoms with Gasteiger partial charge in [-0.3, -0.25) is 9.59 Å². The van der Waals surface area contributed by atoms with Crippen LogP contribution in [0.2, 0.25) is 0 Å². The lowest BCUT2D eigenvalue weighted by Gasteiger charge is -2.20. The molecule has 2 heterocycles. The van der Waals surface area contributed by atoms with Crippen molar-refractivity contribution in [1.82, 2.24) is 14.4 Å². The summed E-state index contributed by atoms with van der Waals surface area (Å²) in [5.74, 6) is 0.462. The van der Waals surface area contributed by atoms with E-state index in [1.54, 1.807) is 31.4 Å². The lowest BCUT2D eigenvalue weighted by molar-refractivity contribution is -0.121. The summed E-state index contributed by atoms with van der Waals surface area (Å²) in [5.41, 5.74) is 0.769. The molecule has 1 aromatic heterocycles. The van der Waals surface area contributed by atoms with Gasteiger partial charge in [0.05, 0.1) is 31.3 Å². The zero-order valence-corrected chi connectivity index (χ0v) is 19.5. The van der Waals surface area contributed by atoms with Crippen LogP contribution < -0.4 is 14.4 Å². The summed E-state index contributed by atoms with van der Waals surface area (Å²) in [6.45, 7) is -0.186. The standard InChI is InChI=1S/C22H22N4O7S/c1-25(13-19-23-22(24-33-19)14-4-6-15(31-2)7-5-14)34(29,30)16-8-9-18(32-3)17(12-16)26-20(27)10-11-21(26)28/h4-9,12H,10-11,13H2,1-3H3. The van der Waals surface area contributed by atoms with Gasteiger partial charge in [0.1, 0.15) is 11.5 Å². The molecule has 0 radical (unpaired) electrons. The van der Waals surface area contributed by atoms with Crippen molar-refractivity contribution < 1.29 is 32.0 Å². The van der Waals surface area contributed by atoms with Gasteiger partial charge in [0.15, 0.2) is 0 Å². The third-order valence-corrected chi connectivity index (χ3v) is 7.12. The molecule has 1 aliphatic heterocycles. The first kappa shape index (κ1) is 23.4. The van der Waals surface area contributed by atoms with Crippen molar-refractivity contribution in [3.8, 4) is 22.9 Å². The first-order valence-corrected chi connectivity index (χ1v) is 11.7. The monoisotopic (exact) mass is 486 g/mol. The maximum Gasteiger partial charge on any atom is 0.243 e. The average Bonchev–Trinajstić information content (AvgIpc) is 3.44. The van der Waals surface area contributed by atoms with Gasteiger partial charge in [0.25, 0.3) is 0 Å². The fraction of sp³-hybridized carbons (Fsp3) is 0.273. The molecular formula is C22H22N4O7S. The summed E-state index contributed by atoms with van der Waals surface area (Å²) in [6.07, 6.45) is 0.124. The first-order chi connectivity index (χ1) is 16.2. The summed E-state index contributed by atoms with van der Waals surface area (Å²) in [4.78, 5) is 29.5. The zero-order chi connectivity index (χ0) is 24.5. The molecule has 0 spiro atoms. The minimum absolute atomic E-state index is 0.0621. The van der Waals surface area contributed by atoms with E-state index >= 15 is 0 Å². The molecular weight excluding hydrogens is 464 g/mol. The van der Waals surface area contributed by atoms with Crippen LogP contribution in [0.4, 0.5) is 5.69 Å². The number of methoxy groups -OCH3 is 2. The lowest BCUT2D eigenvalue weighted by atomic mass is 10.2. The van der Waals surface area contributed by atoms with Crippen LogP contribution in [-0.2, 0) is 26.2 Å². The Morgan fingerprint density at radius 1 is 1.03 bits per heavy atom. The number of rotatable bonds is 8. The summed E-state index contributed by atoms with van der Waals surface area (Å²) in [7, 11) is 0.269. The van der Waals surface area contributed by atoms with Crippen molar-refractivity contribution in [2.24, 2.45) is 0 Å². The predicted molar refractivity (Wildman–Crippen MR) is 120 cm³/mol. The van der Waals surface area contributed by atoms with Gasteiger partial charge in [0.2, 0.25) is 33.6 Å². The van der Waals surface area contributed by atoms with Crippen LogP contribution >= 0.6 is 0 Å². The lowest BCUT2D eigenvalue weighted by Crippen LogP contribution is -2.30. The number of ether oxygens (including phenoxy) is 2. The molecule has 0 saturated carbocycles. The highest BCUT2D eigenvalue weighted by Gasteiger charge is 2.34. The maximum absolute atomic E-state index is 13.2. The fourth-order valence-electron chi connectivity index (χ4n) is 3.48. The van der Waals surface area contributed by atoms with E-state index in [1.165, 1.54) is 32.4 Å². The van der Waals surface area contributed by atoms with E-state index < -0.39 is 21.8 Å². The Morgan fingerprint density at radius 2 is 1.71 bits per heavy atom. The SMILES string of the molecule is COc1ccc(-c2noc(CN(C)S(=O)(=O)c3ccc(OC)c(N4C(=O)CCC4=O)c3)n2)cc1. The van der Waals surface area contributed by atoms with E-state index in [4.69, 9.17) is 14.0 Å². The van der Waals surface area contributed by atoms with Crippen LogP contribution in [0.5, 0.6) is 11.5 Å². The third kappa shape index (κ3) is 4.37. The second-order valence-corrected chi connectivity index (χ2v) is 9.50. The van der Waals surface area contributed by atoms with Crippen molar-refractivity contribution in [2.75, 3.05) is 26.2 Å². The third-order valence-electron chi connectivity index (χ3n) is 5.33. The molecule has 12 heteroatoms. The van der Waals surface area contributed by atoms with E-state index in [0.29, 0.717) is 17.1 Å². The van der Waals surface area contributed by atoms with Crippen LogP contribution in [0.15, 0.2) is 51.9 Å². The second-order valence-electron chi connectivity index (χ2n) is 7.46. The number of nitrogens with zero attached hydrogens (tertiary/aromatic N) is 4. The van der Waals surface area contributed by atoms with E-state index in [2.05, 4.69) is 10.1 Å². The molecule has 11 nitrogen and oxygen atoms in total. The molecule has 2 amide bonds.